The first kappa shape index (κ1) is 15.7. The first-order valence-corrected chi connectivity index (χ1v) is 9.88. The van der Waals surface area contributed by atoms with E-state index in [2.05, 4.69) is 25.6 Å². The first-order valence-electron chi connectivity index (χ1n) is 7.18. The summed E-state index contributed by atoms with van der Waals surface area (Å²) in [7, 11) is -3.50. The van der Waals surface area contributed by atoms with Gasteiger partial charge in [-0.05, 0) is 28.1 Å². The molecule has 0 amide bonds. The number of para-hydroxylation sites is 1. The van der Waals surface area contributed by atoms with Gasteiger partial charge in [-0.25, -0.2) is 18.5 Å². The van der Waals surface area contributed by atoms with E-state index in [9.17, 15) is 8.42 Å². The van der Waals surface area contributed by atoms with Gasteiger partial charge in [0.05, 0.1) is 15.1 Å². The van der Waals surface area contributed by atoms with Gasteiger partial charge in [0.15, 0.2) is 20.8 Å². The van der Waals surface area contributed by atoms with Gasteiger partial charge in [-0.3, -0.25) is 0 Å². The number of nitrogen functional groups attached to an aromatic ring is 1. The predicted molar refractivity (Wildman–Crippen MR) is 95.7 cm³/mol. The number of nitrogens with two attached hydrogens (primary N) is 1. The van der Waals surface area contributed by atoms with Crippen LogP contribution in [0.2, 0.25) is 0 Å². The van der Waals surface area contributed by atoms with Gasteiger partial charge in [0.2, 0.25) is 0 Å². The molecule has 3 N–H and O–H groups in total. The van der Waals surface area contributed by atoms with Crippen LogP contribution in [-0.2, 0) is 9.84 Å². The molecule has 0 unspecified atom stereocenters. The number of hydrogen-bond acceptors (Lipinski definition) is 8. The number of tetrazole rings is 1. The number of aromatic amines is 1. The summed E-state index contributed by atoms with van der Waals surface area (Å²) in [4.78, 5) is 4.53. The van der Waals surface area contributed by atoms with E-state index < -0.39 is 9.84 Å². The van der Waals surface area contributed by atoms with Crippen molar-refractivity contribution in [1.82, 2.24) is 25.6 Å². The molecular weight excluding hydrogens is 360 g/mol. The summed E-state index contributed by atoms with van der Waals surface area (Å²) in [6.45, 7) is 0. The van der Waals surface area contributed by atoms with Crippen LogP contribution in [0.5, 0.6) is 0 Å². The maximum absolute atomic E-state index is 12.3. The van der Waals surface area contributed by atoms with Crippen LogP contribution in [0.1, 0.15) is 0 Å². The molecule has 0 aliphatic heterocycles. The zero-order chi connectivity index (χ0) is 17.6. The lowest BCUT2D eigenvalue weighted by atomic mass is 9.98. The zero-order valence-electron chi connectivity index (χ0n) is 13.0. The topological polar surface area (TPSA) is 128 Å². The molecule has 4 rings (SSSR count). The Hall–Kier alpha value is -2.85. The number of nitrogens with one attached hydrogen (secondary N) is 1. The highest BCUT2D eigenvalue weighted by atomic mass is 32.2. The zero-order valence-corrected chi connectivity index (χ0v) is 14.6. The Morgan fingerprint density at radius 3 is 2.60 bits per heavy atom. The number of rotatable bonds is 3. The quantitative estimate of drug-likeness (QED) is 0.564. The smallest absolute Gasteiger partial charge is 0.181 e. The number of anilines is 1. The molecule has 0 atom stereocenters. The van der Waals surface area contributed by atoms with E-state index in [4.69, 9.17) is 5.73 Å². The van der Waals surface area contributed by atoms with Gasteiger partial charge in [-0.1, -0.05) is 35.6 Å². The fourth-order valence-corrected chi connectivity index (χ4v) is 4.42. The van der Waals surface area contributed by atoms with Crippen LogP contribution in [0.4, 0.5) is 5.13 Å². The van der Waals surface area contributed by atoms with Gasteiger partial charge in [0.25, 0.3) is 0 Å². The van der Waals surface area contributed by atoms with Crippen molar-refractivity contribution in [3.63, 3.8) is 0 Å². The Balaban J connectivity index is 2.12. The number of aromatic nitrogens is 5. The van der Waals surface area contributed by atoms with E-state index in [0.29, 0.717) is 21.8 Å². The molecule has 4 aromatic rings. The fraction of sp³-hybridized carbons (Fsp3) is 0.0667. The number of sulfone groups is 1. The molecule has 0 fully saturated rings. The Bertz CT molecular complexity index is 1180. The average molecular weight is 372 g/mol. The van der Waals surface area contributed by atoms with Gasteiger partial charge in [0.1, 0.15) is 0 Å². The second kappa shape index (κ2) is 5.60. The standard InChI is InChI=1S/C15H12N6O2S2/c1-25(22,23)11-7-3-4-8(12(11)14-18-20-21-19-14)9-5-2-6-10-13(9)17-15(16)24-10/h2-7H,1H3,(H2,16,17)(H,18,19,20,21). The van der Waals surface area contributed by atoms with Crippen molar-refractivity contribution < 1.29 is 8.42 Å². The Morgan fingerprint density at radius 1 is 1.12 bits per heavy atom. The Morgan fingerprint density at radius 2 is 1.88 bits per heavy atom. The minimum Gasteiger partial charge on any atom is -0.375 e. The second-order valence-electron chi connectivity index (χ2n) is 5.41. The molecule has 25 heavy (non-hydrogen) atoms. The van der Waals surface area contributed by atoms with E-state index in [0.717, 1.165) is 16.5 Å². The molecule has 2 aromatic carbocycles. The Labute approximate surface area is 146 Å². The van der Waals surface area contributed by atoms with E-state index in [1.807, 2.05) is 24.3 Å². The molecule has 0 saturated heterocycles. The molecule has 0 aliphatic carbocycles. The van der Waals surface area contributed by atoms with Crippen molar-refractivity contribution in [1.29, 1.82) is 0 Å². The fourth-order valence-electron chi connectivity index (χ4n) is 2.76. The summed E-state index contributed by atoms with van der Waals surface area (Å²) in [6.07, 6.45) is 1.15. The summed E-state index contributed by atoms with van der Waals surface area (Å²) in [5.74, 6) is 0.274. The van der Waals surface area contributed by atoms with Gasteiger partial charge in [0, 0.05) is 17.4 Å². The summed E-state index contributed by atoms with van der Waals surface area (Å²) in [5, 5.41) is 14.2. The summed E-state index contributed by atoms with van der Waals surface area (Å²) < 4.78 is 25.5. The lowest BCUT2D eigenvalue weighted by Gasteiger charge is -2.12. The largest absolute Gasteiger partial charge is 0.375 e. The molecule has 126 valence electrons. The van der Waals surface area contributed by atoms with Crippen molar-refractivity contribution in [3.05, 3.63) is 36.4 Å². The highest BCUT2D eigenvalue weighted by Crippen LogP contribution is 2.39. The number of fused-ring (bicyclic) bond motifs is 1. The predicted octanol–water partition coefficient (Wildman–Crippen LogP) is 2.13. The van der Waals surface area contributed by atoms with Crippen LogP contribution in [0.25, 0.3) is 32.7 Å². The van der Waals surface area contributed by atoms with Crippen LogP contribution >= 0.6 is 11.3 Å². The van der Waals surface area contributed by atoms with Gasteiger partial charge in [-0.2, -0.15) is 0 Å². The number of H-pyrrole nitrogens is 1. The minimum atomic E-state index is -3.50. The molecule has 0 bridgehead atoms. The van der Waals surface area contributed by atoms with Gasteiger partial charge < -0.3 is 5.73 Å². The molecule has 0 radical (unpaired) electrons. The third kappa shape index (κ3) is 2.65. The summed E-state index contributed by atoms with van der Waals surface area (Å²) >= 11 is 1.37. The lowest BCUT2D eigenvalue weighted by Crippen LogP contribution is -2.02. The number of thiazole rings is 1. The molecule has 10 heteroatoms. The minimum absolute atomic E-state index is 0.142. The highest BCUT2D eigenvalue weighted by Gasteiger charge is 2.22. The Kier molecular flexibility index (Phi) is 3.51. The molecule has 0 spiro atoms. The van der Waals surface area contributed by atoms with Crippen LogP contribution in [0, 0.1) is 0 Å². The van der Waals surface area contributed by atoms with Crippen molar-refractivity contribution in [2.75, 3.05) is 12.0 Å². The van der Waals surface area contributed by atoms with Crippen molar-refractivity contribution in [2.45, 2.75) is 4.90 Å². The van der Waals surface area contributed by atoms with Crippen LogP contribution in [0.3, 0.4) is 0 Å². The van der Waals surface area contributed by atoms with E-state index in [1.54, 1.807) is 6.07 Å². The maximum atomic E-state index is 12.3. The molecule has 0 saturated carbocycles. The van der Waals surface area contributed by atoms with Gasteiger partial charge >= 0.3 is 0 Å². The van der Waals surface area contributed by atoms with Crippen molar-refractivity contribution in [2.24, 2.45) is 0 Å². The number of hydrogen-bond donors (Lipinski definition) is 2. The van der Waals surface area contributed by atoms with Crippen LogP contribution in [0.15, 0.2) is 41.3 Å². The molecule has 2 aromatic heterocycles. The molecule has 0 aliphatic rings. The second-order valence-corrected chi connectivity index (χ2v) is 8.45. The van der Waals surface area contributed by atoms with Crippen LogP contribution in [-0.4, -0.2) is 40.3 Å². The maximum Gasteiger partial charge on any atom is 0.181 e. The first-order chi connectivity index (χ1) is 11.9. The molecule has 8 nitrogen and oxygen atoms in total. The monoisotopic (exact) mass is 372 g/mol. The highest BCUT2D eigenvalue weighted by molar-refractivity contribution is 7.90. The van der Waals surface area contributed by atoms with E-state index in [1.165, 1.54) is 17.4 Å². The third-order valence-corrected chi connectivity index (χ3v) is 5.72. The molecular formula is C15H12N6O2S2. The number of benzene rings is 2. The summed E-state index contributed by atoms with van der Waals surface area (Å²) in [5.41, 5.74) is 8.40. The van der Waals surface area contributed by atoms with Crippen molar-refractivity contribution >= 4 is 36.5 Å². The molecule has 2 heterocycles. The number of nitrogens with zero attached hydrogens (tertiary/aromatic N) is 4. The van der Waals surface area contributed by atoms with Gasteiger partial charge in [-0.15, -0.1) is 5.10 Å². The van der Waals surface area contributed by atoms with E-state index >= 15 is 0 Å². The van der Waals surface area contributed by atoms with Crippen molar-refractivity contribution in [3.8, 4) is 22.5 Å². The summed E-state index contributed by atoms with van der Waals surface area (Å²) in [6, 6.07) is 10.7. The lowest BCUT2D eigenvalue weighted by molar-refractivity contribution is 0.602. The third-order valence-electron chi connectivity index (χ3n) is 3.73. The average Bonchev–Trinajstić information content (AvgIpc) is 3.21. The normalized spacial score (nSPS) is 11.9. The SMILES string of the molecule is CS(=O)(=O)c1cccc(-c2cccc3sc(N)nc23)c1-c1nnn[nH]1. The van der Waals surface area contributed by atoms with E-state index in [-0.39, 0.29) is 10.7 Å². The van der Waals surface area contributed by atoms with Crippen LogP contribution < -0.4 is 5.73 Å².